The first-order valence-electron chi connectivity index (χ1n) is 7.16. The number of benzene rings is 1. The van der Waals surface area contributed by atoms with Crippen LogP contribution in [0.3, 0.4) is 0 Å². The molecule has 0 spiro atoms. The van der Waals surface area contributed by atoms with Crippen molar-refractivity contribution in [2.45, 2.75) is 33.6 Å². The number of hydrogen-bond acceptors (Lipinski definition) is 4. The molecule has 0 radical (unpaired) electrons. The molecule has 3 N–H and O–H groups in total. The summed E-state index contributed by atoms with van der Waals surface area (Å²) in [4.78, 5) is 11.6. The molecule has 21 heavy (non-hydrogen) atoms. The van der Waals surface area contributed by atoms with E-state index in [9.17, 15) is 9.90 Å². The van der Waals surface area contributed by atoms with Crippen LogP contribution in [0.4, 0.5) is 10.5 Å². The Morgan fingerprint density at radius 1 is 1.33 bits per heavy atom. The van der Waals surface area contributed by atoms with E-state index in [2.05, 4.69) is 12.2 Å². The number of phenolic OH excluding ortho intramolecular Hbond substituents is 1. The maximum absolute atomic E-state index is 11.6. The van der Waals surface area contributed by atoms with E-state index in [1.54, 1.807) is 12.1 Å². The van der Waals surface area contributed by atoms with Gasteiger partial charge in [0, 0.05) is 12.3 Å². The molecule has 0 saturated carbocycles. The molecular weight excluding hydrogens is 270 g/mol. The highest BCUT2D eigenvalue weighted by atomic mass is 16.5. The lowest BCUT2D eigenvalue weighted by Gasteiger charge is -2.25. The van der Waals surface area contributed by atoms with Gasteiger partial charge in [0.05, 0.1) is 6.61 Å². The van der Waals surface area contributed by atoms with Crippen LogP contribution in [0.2, 0.25) is 0 Å². The number of hydrogen-bond donors (Lipinski definition) is 3. The number of rotatable bonds is 7. The molecule has 0 bridgehead atoms. The SMILES string of the molecule is CC(CCOC(=O)Nc1ccc(O)cc1)CC(C)(C)CO. The summed E-state index contributed by atoms with van der Waals surface area (Å²) < 4.78 is 5.12. The Kier molecular flexibility index (Phi) is 6.49. The third-order valence-electron chi connectivity index (χ3n) is 3.29. The van der Waals surface area contributed by atoms with Crippen LogP contribution in [0.5, 0.6) is 5.75 Å². The molecule has 1 amide bonds. The number of anilines is 1. The zero-order chi connectivity index (χ0) is 15.9. The summed E-state index contributed by atoms with van der Waals surface area (Å²) >= 11 is 0. The number of ether oxygens (including phenoxy) is 1. The highest BCUT2D eigenvalue weighted by Crippen LogP contribution is 2.26. The first-order valence-corrected chi connectivity index (χ1v) is 7.16. The molecular formula is C16H25NO4. The zero-order valence-corrected chi connectivity index (χ0v) is 12.9. The van der Waals surface area contributed by atoms with Crippen LogP contribution in [0.15, 0.2) is 24.3 Å². The molecule has 1 aromatic carbocycles. The molecule has 0 fully saturated rings. The largest absolute Gasteiger partial charge is 0.508 e. The van der Waals surface area contributed by atoms with Crippen molar-refractivity contribution in [3.05, 3.63) is 24.3 Å². The number of phenols is 1. The lowest BCUT2D eigenvalue weighted by atomic mass is 9.83. The molecule has 1 unspecified atom stereocenters. The van der Waals surface area contributed by atoms with Crippen LogP contribution in [0.1, 0.15) is 33.6 Å². The van der Waals surface area contributed by atoms with Gasteiger partial charge in [0.2, 0.25) is 0 Å². The van der Waals surface area contributed by atoms with Crippen LogP contribution in [-0.2, 0) is 4.74 Å². The standard InChI is InChI=1S/C16H25NO4/c1-12(10-16(2,3)11-18)8-9-21-15(20)17-13-4-6-14(19)7-5-13/h4-7,12,18-19H,8-11H2,1-3H3,(H,17,20). The van der Waals surface area contributed by atoms with Gasteiger partial charge in [0.25, 0.3) is 0 Å². The van der Waals surface area contributed by atoms with Gasteiger partial charge in [-0.05, 0) is 48.4 Å². The summed E-state index contributed by atoms with van der Waals surface area (Å²) in [6, 6.07) is 6.19. The average molecular weight is 295 g/mol. The fourth-order valence-electron chi connectivity index (χ4n) is 2.16. The Bertz CT molecular complexity index is 442. The van der Waals surface area contributed by atoms with Crippen molar-refractivity contribution < 1.29 is 19.7 Å². The monoisotopic (exact) mass is 295 g/mol. The number of carbonyl (C=O) groups excluding carboxylic acids is 1. The number of aromatic hydroxyl groups is 1. The number of aliphatic hydroxyl groups is 1. The first-order chi connectivity index (χ1) is 9.82. The Hall–Kier alpha value is -1.75. The second-order valence-electron chi connectivity index (χ2n) is 6.23. The van der Waals surface area contributed by atoms with E-state index in [1.165, 1.54) is 12.1 Å². The van der Waals surface area contributed by atoms with Crippen LogP contribution in [-0.4, -0.2) is 29.5 Å². The quantitative estimate of drug-likeness (QED) is 0.674. The molecule has 1 atom stereocenters. The van der Waals surface area contributed by atoms with Crippen molar-refractivity contribution in [2.24, 2.45) is 11.3 Å². The van der Waals surface area contributed by atoms with Gasteiger partial charge in [0.1, 0.15) is 5.75 Å². The maximum Gasteiger partial charge on any atom is 0.411 e. The summed E-state index contributed by atoms with van der Waals surface area (Å²) in [6.45, 7) is 6.61. The van der Waals surface area contributed by atoms with Gasteiger partial charge in [-0.25, -0.2) is 4.79 Å². The second kappa shape index (κ2) is 7.88. The molecule has 118 valence electrons. The molecule has 0 saturated heterocycles. The molecule has 1 aromatic rings. The van der Waals surface area contributed by atoms with Crippen molar-refractivity contribution >= 4 is 11.8 Å². The third kappa shape index (κ3) is 6.99. The fourth-order valence-corrected chi connectivity index (χ4v) is 2.16. The molecule has 0 aliphatic heterocycles. The van der Waals surface area contributed by atoms with E-state index in [4.69, 9.17) is 9.84 Å². The van der Waals surface area contributed by atoms with Crippen LogP contribution in [0.25, 0.3) is 0 Å². The third-order valence-corrected chi connectivity index (χ3v) is 3.29. The summed E-state index contributed by atoms with van der Waals surface area (Å²) in [5.41, 5.74) is 0.473. The van der Waals surface area contributed by atoms with Crippen molar-refractivity contribution in [2.75, 3.05) is 18.5 Å². The van der Waals surface area contributed by atoms with E-state index in [-0.39, 0.29) is 17.8 Å². The van der Waals surface area contributed by atoms with Crippen molar-refractivity contribution in [3.63, 3.8) is 0 Å². The van der Waals surface area contributed by atoms with Crippen LogP contribution < -0.4 is 5.32 Å². The van der Waals surface area contributed by atoms with Crippen molar-refractivity contribution in [1.82, 2.24) is 0 Å². The van der Waals surface area contributed by atoms with E-state index < -0.39 is 6.09 Å². The van der Waals surface area contributed by atoms with Gasteiger partial charge in [-0.1, -0.05) is 20.8 Å². The minimum absolute atomic E-state index is 0.103. The van der Waals surface area contributed by atoms with Crippen LogP contribution in [0, 0.1) is 11.3 Å². The number of amides is 1. The Labute approximate surface area is 125 Å². The Morgan fingerprint density at radius 3 is 2.52 bits per heavy atom. The van der Waals surface area contributed by atoms with E-state index >= 15 is 0 Å². The number of carbonyl (C=O) groups is 1. The van der Waals surface area contributed by atoms with Crippen molar-refractivity contribution in [1.29, 1.82) is 0 Å². The molecule has 1 rings (SSSR count). The van der Waals surface area contributed by atoms with E-state index in [0.717, 1.165) is 12.8 Å². The van der Waals surface area contributed by atoms with Gasteiger partial charge < -0.3 is 14.9 Å². The summed E-state index contributed by atoms with van der Waals surface area (Å²) in [5, 5.41) is 21.0. The minimum atomic E-state index is -0.505. The smallest absolute Gasteiger partial charge is 0.411 e. The van der Waals surface area contributed by atoms with Gasteiger partial charge >= 0.3 is 6.09 Å². The van der Waals surface area contributed by atoms with Gasteiger partial charge in [-0.3, -0.25) is 5.32 Å². The molecule has 5 nitrogen and oxygen atoms in total. The van der Waals surface area contributed by atoms with Crippen molar-refractivity contribution in [3.8, 4) is 5.75 Å². The zero-order valence-electron chi connectivity index (χ0n) is 12.9. The highest BCUT2D eigenvalue weighted by Gasteiger charge is 2.20. The van der Waals surface area contributed by atoms with Gasteiger partial charge in [-0.2, -0.15) is 0 Å². The lowest BCUT2D eigenvalue weighted by Crippen LogP contribution is -2.21. The number of aliphatic hydroxyl groups excluding tert-OH is 1. The van der Waals surface area contributed by atoms with Gasteiger partial charge in [0.15, 0.2) is 0 Å². The minimum Gasteiger partial charge on any atom is -0.508 e. The van der Waals surface area contributed by atoms with E-state index in [0.29, 0.717) is 18.2 Å². The first kappa shape index (κ1) is 17.3. The fraction of sp³-hybridized carbons (Fsp3) is 0.562. The predicted octanol–water partition coefficient (Wildman–Crippen LogP) is 3.38. The average Bonchev–Trinajstić information content (AvgIpc) is 2.41. The summed E-state index contributed by atoms with van der Waals surface area (Å²) in [5.74, 6) is 0.517. The molecule has 0 aliphatic rings. The topological polar surface area (TPSA) is 78.8 Å². The molecule has 0 aliphatic carbocycles. The Morgan fingerprint density at radius 2 is 1.95 bits per heavy atom. The lowest BCUT2D eigenvalue weighted by molar-refractivity contribution is 0.118. The Balaban J connectivity index is 2.26. The normalized spacial score (nSPS) is 12.8. The number of nitrogens with one attached hydrogen (secondary N) is 1. The van der Waals surface area contributed by atoms with E-state index in [1.807, 2.05) is 13.8 Å². The molecule has 5 heteroatoms. The maximum atomic E-state index is 11.6. The van der Waals surface area contributed by atoms with Crippen LogP contribution >= 0.6 is 0 Å². The predicted molar refractivity (Wildman–Crippen MR) is 82.3 cm³/mol. The second-order valence-corrected chi connectivity index (χ2v) is 6.23. The highest BCUT2D eigenvalue weighted by molar-refractivity contribution is 5.84. The molecule has 0 aromatic heterocycles. The molecule has 0 heterocycles. The van der Waals surface area contributed by atoms with Gasteiger partial charge in [-0.15, -0.1) is 0 Å². The summed E-state index contributed by atoms with van der Waals surface area (Å²) in [7, 11) is 0. The summed E-state index contributed by atoms with van der Waals surface area (Å²) in [6.07, 6.45) is 1.13.